The number of carbonyl (C=O) groups excluding carboxylic acids is 1. The number of phenolic OH excluding ortho intramolecular Hbond substituents is 1. The maximum Gasteiger partial charge on any atom is 0.315 e. The molecule has 0 radical (unpaired) electrons. The minimum absolute atomic E-state index is 0.144. The van der Waals surface area contributed by atoms with Crippen molar-refractivity contribution in [3.05, 3.63) is 62.2 Å². The Balaban J connectivity index is 2.42. The van der Waals surface area contributed by atoms with Crippen LogP contribution in [0.1, 0.15) is 11.1 Å². The molecule has 2 aromatic rings. The molecule has 138 valence electrons. The number of nitrogens with one attached hydrogen (secondary N) is 1. The number of anilines is 1. The zero-order valence-corrected chi connectivity index (χ0v) is 15.1. The summed E-state index contributed by atoms with van der Waals surface area (Å²) in [5.74, 6) is -1.51. The van der Waals surface area contributed by atoms with Crippen LogP contribution in [-0.4, -0.2) is 23.0 Å². The van der Waals surface area contributed by atoms with Crippen molar-refractivity contribution in [2.45, 2.75) is 6.92 Å². The number of phenols is 1. The topological polar surface area (TPSA) is 125 Å². The van der Waals surface area contributed by atoms with E-state index in [0.717, 1.165) is 12.1 Å². The monoisotopic (exact) mass is 387 g/mol. The molecule has 1 amide bonds. The fourth-order valence-electron chi connectivity index (χ4n) is 2.24. The number of rotatable bonds is 5. The highest BCUT2D eigenvalue weighted by molar-refractivity contribution is 6.31. The molecule has 0 aliphatic rings. The van der Waals surface area contributed by atoms with Crippen LogP contribution in [0.5, 0.6) is 11.5 Å². The number of carbonyl (C=O) groups is 1. The molecule has 8 nitrogen and oxygen atoms in total. The number of hydrogen-bond acceptors (Lipinski definition) is 6. The van der Waals surface area contributed by atoms with Crippen LogP contribution in [0, 0.1) is 28.4 Å². The predicted octanol–water partition coefficient (Wildman–Crippen LogP) is 3.82. The molecular weight excluding hydrogens is 374 g/mol. The number of nitro benzene ring substituents is 1. The van der Waals surface area contributed by atoms with E-state index >= 15 is 0 Å². The number of benzene rings is 2. The van der Waals surface area contributed by atoms with E-state index in [1.165, 1.54) is 13.2 Å². The number of methoxy groups -OCH3 is 1. The number of nitrogens with zero attached hydrogens (tertiary/aromatic N) is 2. The first kappa shape index (κ1) is 19.8. The molecule has 0 aromatic heterocycles. The summed E-state index contributed by atoms with van der Waals surface area (Å²) in [5, 5.41) is 33.2. The number of ether oxygens (including phenoxy) is 1. The molecule has 27 heavy (non-hydrogen) atoms. The minimum Gasteiger partial charge on any atom is -0.500 e. The molecule has 0 fully saturated rings. The SMILES string of the molecule is COc1cc(/C=C(\C#N)C(=O)Nc2cccc(Cl)c2C)cc([N+](=O)[O-])c1O. The second-order valence-corrected chi connectivity index (χ2v) is 5.79. The van der Waals surface area contributed by atoms with Gasteiger partial charge in [0.2, 0.25) is 5.75 Å². The molecule has 0 atom stereocenters. The van der Waals surface area contributed by atoms with Crippen LogP contribution < -0.4 is 10.1 Å². The van der Waals surface area contributed by atoms with Gasteiger partial charge in [-0.1, -0.05) is 17.7 Å². The van der Waals surface area contributed by atoms with Gasteiger partial charge in [-0.2, -0.15) is 5.26 Å². The van der Waals surface area contributed by atoms with Gasteiger partial charge in [0.25, 0.3) is 5.91 Å². The Hall–Kier alpha value is -3.57. The smallest absolute Gasteiger partial charge is 0.315 e. The lowest BCUT2D eigenvalue weighted by molar-refractivity contribution is -0.386. The fraction of sp³-hybridized carbons (Fsp3) is 0.111. The largest absolute Gasteiger partial charge is 0.500 e. The van der Waals surface area contributed by atoms with Gasteiger partial charge in [-0.05, 0) is 42.3 Å². The number of halogens is 1. The number of nitro groups is 1. The lowest BCUT2D eigenvalue weighted by atomic mass is 10.1. The van der Waals surface area contributed by atoms with Crippen LogP contribution in [-0.2, 0) is 4.79 Å². The van der Waals surface area contributed by atoms with Gasteiger partial charge in [0.15, 0.2) is 5.75 Å². The van der Waals surface area contributed by atoms with Gasteiger partial charge in [-0.3, -0.25) is 14.9 Å². The van der Waals surface area contributed by atoms with Crippen LogP contribution in [0.2, 0.25) is 5.02 Å². The average Bonchev–Trinajstić information content (AvgIpc) is 2.64. The zero-order chi connectivity index (χ0) is 20.1. The number of amides is 1. The third-order valence-corrected chi connectivity index (χ3v) is 4.10. The molecule has 0 spiro atoms. The Bertz CT molecular complexity index is 995. The number of nitriles is 1. The van der Waals surface area contributed by atoms with Crippen LogP contribution in [0.15, 0.2) is 35.9 Å². The van der Waals surface area contributed by atoms with Gasteiger partial charge in [0.1, 0.15) is 11.6 Å². The Labute approximate surface area is 159 Å². The predicted molar refractivity (Wildman–Crippen MR) is 99.7 cm³/mol. The summed E-state index contributed by atoms with van der Waals surface area (Å²) in [6.07, 6.45) is 1.16. The standard InChI is InChI=1S/C18H14ClN3O5/c1-10-13(19)4-3-5-14(10)21-18(24)12(9-20)6-11-7-15(22(25)26)17(23)16(8-11)27-2/h3-8,23H,1-2H3,(H,21,24)/b12-6+. The van der Waals surface area contributed by atoms with E-state index < -0.39 is 22.3 Å². The van der Waals surface area contributed by atoms with Gasteiger partial charge in [0.05, 0.1) is 12.0 Å². The van der Waals surface area contributed by atoms with Crippen molar-refractivity contribution in [1.82, 2.24) is 0 Å². The molecular formula is C18H14ClN3O5. The van der Waals surface area contributed by atoms with Gasteiger partial charge in [0, 0.05) is 16.8 Å². The Morgan fingerprint density at radius 2 is 2.15 bits per heavy atom. The first-order valence-corrected chi connectivity index (χ1v) is 7.90. The van der Waals surface area contributed by atoms with Crippen molar-refractivity contribution in [3.8, 4) is 17.6 Å². The number of hydrogen-bond donors (Lipinski definition) is 2. The third-order valence-electron chi connectivity index (χ3n) is 3.69. The van der Waals surface area contributed by atoms with E-state index in [4.69, 9.17) is 16.3 Å². The first-order valence-electron chi connectivity index (χ1n) is 7.52. The van der Waals surface area contributed by atoms with Crippen molar-refractivity contribution in [2.24, 2.45) is 0 Å². The number of aromatic hydroxyl groups is 1. The van der Waals surface area contributed by atoms with E-state index in [2.05, 4.69) is 5.32 Å². The molecule has 0 saturated heterocycles. The van der Waals surface area contributed by atoms with Crippen molar-refractivity contribution in [2.75, 3.05) is 12.4 Å². The molecule has 0 heterocycles. The maximum atomic E-state index is 12.4. The van der Waals surface area contributed by atoms with Crippen LogP contribution in [0.25, 0.3) is 6.08 Å². The highest BCUT2D eigenvalue weighted by Gasteiger charge is 2.20. The molecule has 0 saturated carbocycles. The van der Waals surface area contributed by atoms with E-state index in [0.29, 0.717) is 16.3 Å². The molecule has 0 aliphatic heterocycles. The van der Waals surface area contributed by atoms with Crippen LogP contribution in [0.3, 0.4) is 0 Å². The quantitative estimate of drug-likeness (QED) is 0.347. The Kier molecular flexibility index (Phi) is 6.00. The lowest BCUT2D eigenvalue weighted by Gasteiger charge is -2.09. The second-order valence-electron chi connectivity index (χ2n) is 5.38. The summed E-state index contributed by atoms with van der Waals surface area (Å²) in [6, 6.07) is 9.00. The third kappa shape index (κ3) is 4.34. The van der Waals surface area contributed by atoms with E-state index in [1.807, 2.05) is 0 Å². The molecule has 2 N–H and O–H groups in total. The van der Waals surface area contributed by atoms with E-state index in [-0.39, 0.29) is 16.9 Å². The van der Waals surface area contributed by atoms with Gasteiger partial charge in [-0.15, -0.1) is 0 Å². The molecule has 9 heteroatoms. The highest BCUT2D eigenvalue weighted by Crippen LogP contribution is 2.37. The fourth-order valence-corrected chi connectivity index (χ4v) is 2.41. The minimum atomic E-state index is -0.795. The molecule has 2 aromatic carbocycles. The Morgan fingerprint density at radius 3 is 2.74 bits per heavy atom. The zero-order valence-electron chi connectivity index (χ0n) is 14.3. The Morgan fingerprint density at radius 1 is 1.44 bits per heavy atom. The summed E-state index contributed by atoms with van der Waals surface area (Å²) in [7, 11) is 1.23. The van der Waals surface area contributed by atoms with Crippen molar-refractivity contribution in [1.29, 1.82) is 5.26 Å². The molecule has 2 rings (SSSR count). The summed E-state index contributed by atoms with van der Waals surface area (Å²) in [6.45, 7) is 1.71. The summed E-state index contributed by atoms with van der Waals surface area (Å²) < 4.78 is 4.89. The average molecular weight is 388 g/mol. The van der Waals surface area contributed by atoms with Gasteiger partial charge < -0.3 is 15.2 Å². The van der Waals surface area contributed by atoms with Gasteiger partial charge in [-0.25, -0.2) is 0 Å². The van der Waals surface area contributed by atoms with Crippen molar-refractivity contribution >= 4 is 35.0 Å². The van der Waals surface area contributed by atoms with E-state index in [9.17, 15) is 25.3 Å². The molecule has 0 unspecified atom stereocenters. The van der Waals surface area contributed by atoms with E-state index in [1.54, 1.807) is 31.2 Å². The first-order chi connectivity index (χ1) is 12.8. The molecule has 0 bridgehead atoms. The van der Waals surface area contributed by atoms with Crippen molar-refractivity contribution in [3.63, 3.8) is 0 Å². The summed E-state index contributed by atoms with van der Waals surface area (Å²) >= 11 is 6.00. The lowest BCUT2D eigenvalue weighted by Crippen LogP contribution is -2.14. The van der Waals surface area contributed by atoms with Crippen LogP contribution >= 0.6 is 11.6 Å². The van der Waals surface area contributed by atoms with Gasteiger partial charge >= 0.3 is 5.69 Å². The summed E-state index contributed by atoms with van der Waals surface area (Å²) in [5.41, 5.74) is 0.306. The maximum absolute atomic E-state index is 12.4. The highest BCUT2D eigenvalue weighted by atomic mass is 35.5. The normalized spacial score (nSPS) is 10.8. The second kappa shape index (κ2) is 8.21. The van der Waals surface area contributed by atoms with Crippen LogP contribution in [0.4, 0.5) is 11.4 Å². The summed E-state index contributed by atoms with van der Waals surface area (Å²) in [4.78, 5) is 22.7. The molecule has 0 aliphatic carbocycles. The van der Waals surface area contributed by atoms with Crippen molar-refractivity contribution < 1.29 is 19.6 Å².